The molecule has 6 nitrogen and oxygen atoms in total. The van der Waals surface area contributed by atoms with Gasteiger partial charge in [0.2, 0.25) is 0 Å². The van der Waals surface area contributed by atoms with Gasteiger partial charge in [0.1, 0.15) is 5.69 Å². The van der Waals surface area contributed by atoms with Gasteiger partial charge in [0.15, 0.2) is 0 Å². The van der Waals surface area contributed by atoms with Crippen LogP contribution in [0.4, 0.5) is 22.0 Å². The molecule has 2 fully saturated rings. The fraction of sp³-hybridized carbons (Fsp3) is 0.429. The summed E-state index contributed by atoms with van der Waals surface area (Å²) in [6.07, 6.45) is -4.71. The summed E-state index contributed by atoms with van der Waals surface area (Å²) < 4.78 is 69.4. The number of amides is 2. The number of halogens is 5. The van der Waals surface area contributed by atoms with E-state index < -0.39 is 36.4 Å². The summed E-state index contributed by atoms with van der Waals surface area (Å²) in [5.41, 5.74) is 0.115. The summed E-state index contributed by atoms with van der Waals surface area (Å²) in [7, 11) is 3.92. The molecule has 0 bridgehead atoms. The van der Waals surface area contributed by atoms with Crippen LogP contribution in [0.2, 0.25) is 0 Å². The van der Waals surface area contributed by atoms with Gasteiger partial charge in [-0.1, -0.05) is 6.07 Å². The van der Waals surface area contributed by atoms with Crippen LogP contribution in [0, 0.1) is 0 Å². The number of nitrogens with zero attached hydrogens (tertiary/aromatic N) is 4. The van der Waals surface area contributed by atoms with Gasteiger partial charge in [-0.25, -0.2) is 8.78 Å². The zero-order valence-corrected chi connectivity index (χ0v) is 21.6. The van der Waals surface area contributed by atoms with Gasteiger partial charge in [-0.3, -0.25) is 9.59 Å². The lowest BCUT2D eigenvalue weighted by molar-refractivity contribution is -0.137. The lowest BCUT2D eigenvalue weighted by Gasteiger charge is -2.32. The molecule has 1 unspecified atom stereocenters. The first-order chi connectivity index (χ1) is 18.3. The number of piperidine rings is 1. The smallest absolute Gasteiger partial charge is 0.337 e. The lowest BCUT2D eigenvalue weighted by atomic mass is 10.1. The molecule has 2 aliphatic heterocycles. The van der Waals surface area contributed by atoms with Crippen LogP contribution in [0.25, 0.3) is 16.6 Å². The normalized spacial score (nSPS) is 19.7. The molecule has 208 valence electrons. The molecule has 2 aliphatic rings. The average Bonchev–Trinajstić information content (AvgIpc) is 3.53. The SMILES string of the molecule is CN(C)C1CCN(C(=O)c2ccc3c(c2)cc(C(=O)N2CCC(F)(F)CC2)n3-c2cccc(C(F)(F)F)c2)C1. The number of hydrogen-bond acceptors (Lipinski definition) is 3. The molecular weight excluding hydrogens is 519 g/mol. The standard InChI is InChI=1S/C28H29F5N4O2/c1-34(2)22-8-11-36(17-22)25(38)18-6-7-23-19(14-18)15-24(26(39)35-12-9-27(29,30)10-13-35)37(23)21-5-3-4-20(16-21)28(31,32)33/h3-7,14-16,22H,8-13,17H2,1-2H3. The fourth-order valence-electron chi connectivity index (χ4n) is 5.33. The Morgan fingerprint density at radius 3 is 2.28 bits per heavy atom. The predicted molar refractivity (Wildman–Crippen MR) is 136 cm³/mol. The minimum Gasteiger partial charge on any atom is -0.337 e. The Morgan fingerprint density at radius 2 is 1.64 bits per heavy atom. The second-order valence-corrected chi connectivity index (χ2v) is 10.5. The van der Waals surface area contributed by atoms with Gasteiger partial charge >= 0.3 is 6.18 Å². The zero-order valence-electron chi connectivity index (χ0n) is 21.6. The van der Waals surface area contributed by atoms with E-state index >= 15 is 0 Å². The Labute approximate surface area is 222 Å². The molecule has 2 amide bonds. The van der Waals surface area contributed by atoms with Crippen molar-refractivity contribution in [3.8, 4) is 5.69 Å². The van der Waals surface area contributed by atoms with Crippen LogP contribution < -0.4 is 0 Å². The van der Waals surface area contributed by atoms with Crippen LogP contribution in [0.1, 0.15) is 45.7 Å². The van der Waals surface area contributed by atoms with Crippen LogP contribution in [0.5, 0.6) is 0 Å². The van der Waals surface area contributed by atoms with Gasteiger partial charge in [0.25, 0.3) is 17.7 Å². The Balaban J connectivity index is 1.56. The predicted octanol–water partition coefficient (Wildman–Crippen LogP) is 5.30. The van der Waals surface area contributed by atoms with Gasteiger partial charge in [0.05, 0.1) is 11.1 Å². The van der Waals surface area contributed by atoms with Crippen molar-refractivity contribution in [1.82, 2.24) is 19.3 Å². The van der Waals surface area contributed by atoms with E-state index in [4.69, 9.17) is 0 Å². The van der Waals surface area contributed by atoms with Crippen LogP contribution in [0.15, 0.2) is 48.5 Å². The molecule has 3 aromatic rings. The van der Waals surface area contributed by atoms with Crippen LogP contribution >= 0.6 is 0 Å². The minimum absolute atomic E-state index is 0.0491. The van der Waals surface area contributed by atoms with E-state index in [1.807, 2.05) is 14.1 Å². The maximum absolute atomic E-state index is 13.7. The highest BCUT2D eigenvalue weighted by Gasteiger charge is 2.37. The summed E-state index contributed by atoms with van der Waals surface area (Å²) in [4.78, 5) is 31.9. The van der Waals surface area contributed by atoms with E-state index in [2.05, 4.69) is 4.90 Å². The van der Waals surface area contributed by atoms with Crippen molar-refractivity contribution in [1.29, 1.82) is 0 Å². The van der Waals surface area contributed by atoms with Gasteiger partial charge in [-0.05, 0) is 63.0 Å². The third kappa shape index (κ3) is 5.36. The highest BCUT2D eigenvalue weighted by Crippen LogP contribution is 2.34. The molecule has 0 radical (unpaired) electrons. The first-order valence-corrected chi connectivity index (χ1v) is 12.8. The molecule has 39 heavy (non-hydrogen) atoms. The van der Waals surface area contributed by atoms with Gasteiger partial charge in [-0.2, -0.15) is 13.2 Å². The monoisotopic (exact) mass is 548 g/mol. The first kappa shape index (κ1) is 27.1. The topological polar surface area (TPSA) is 48.8 Å². The molecule has 5 rings (SSSR count). The average molecular weight is 549 g/mol. The van der Waals surface area contributed by atoms with Crippen molar-refractivity contribution < 1.29 is 31.5 Å². The number of fused-ring (bicyclic) bond motifs is 1. The van der Waals surface area contributed by atoms with E-state index in [0.717, 1.165) is 18.6 Å². The molecule has 0 saturated carbocycles. The Morgan fingerprint density at radius 1 is 0.923 bits per heavy atom. The van der Waals surface area contributed by atoms with Gasteiger partial charge in [-0.15, -0.1) is 0 Å². The molecule has 2 saturated heterocycles. The molecule has 3 heterocycles. The highest BCUT2D eigenvalue weighted by molar-refractivity contribution is 6.03. The number of likely N-dealkylation sites (N-methyl/N-ethyl adjacent to an activating group) is 1. The summed E-state index contributed by atoms with van der Waals surface area (Å²) in [5, 5.41) is 0.493. The van der Waals surface area contributed by atoms with Crippen molar-refractivity contribution in [2.24, 2.45) is 0 Å². The number of likely N-dealkylation sites (tertiary alicyclic amines) is 2. The largest absolute Gasteiger partial charge is 0.416 e. The number of rotatable bonds is 4. The van der Waals surface area contributed by atoms with Crippen molar-refractivity contribution in [3.05, 3.63) is 65.4 Å². The van der Waals surface area contributed by atoms with Crippen LogP contribution in [-0.2, 0) is 6.18 Å². The third-order valence-electron chi connectivity index (χ3n) is 7.66. The number of aromatic nitrogens is 1. The second-order valence-electron chi connectivity index (χ2n) is 10.5. The summed E-state index contributed by atoms with van der Waals surface area (Å²) >= 11 is 0. The summed E-state index contributed by atoms with van der Waals surface area (Å²) in [6.45, 7) is 0.857. The van der Waals surface area contributed by atoms with Crippen molar-refractivity contribution >= 4 is 22.7 Å². The first-order valence-electron chi connectivity index (χ1n) is 12.8. The highest BCUT2D eigenvalue weighted by atomic mass is 19.4. The number of carbonyl (C=O) groups excluding carboxylic acids is 2. The van der Waals surface area contributed by atoms with Gasteiger partial charge < -0.3 is 19.3 Å². The summed E-state index contributed by atoms with van der Waals surface area (Å²) in [6, 6.07) is 11.2. The van der Waals surface area contributed by atoms with Gasteiger partial charge in [0, 0.05) is 61.7 Å². The fourth-order valence-corrected chi connectivity index (χ4v) is 5.33. The molecule has 1 aromatic heterocycles. The zero-order chi connectivity index (χ0) is 28.1. The number of hydrogen-bond donors (Lipinski definition) is 0. The number of benzene rings is 2. The van der Waals surface area contributed by atoms with Crippen LogP contribution in [-0.4, -0.2) is 83.3 Å². The molecular formula is C28H29F5N4O2. The van der Waals surface area contributed by atoms with Crippen LogP contribution in [0.3, 0.4) is 0 Å². The minimum atomic E-state index is -4.60. The number of alkyl halides is 5. The molecule has 0 N–H and O–H groups in total. The Hall–Kier alpha value is -3.47. The maximum Gasteiger partial charge on any atom is 0.416 e. The second kappa shape index (κ2) is 9.93. The van der Waals surface area contributed by atoms with E-state index in [9.17, 15) is 31.5 Å². The summed E-state index contributed by atoms with van der Waals surface area (Å²) in [5.74, 6) is -3.58. The Kier molecular flexibility index (Phi) is 6.90. The van der Waals surface area contributed by atoms with E-state index in [1.54, 1.807) is 23.1 Å². The Bertz CT molecular complexity index is 1400. The van der Waals surface area contributed by atoms with Crippen molar-refractivity contribution in [3.63, 3.8) is 0 Å². The lowest BCUT2D eigenvalue weighted by Crippen LogP contribution is -2.43. The quantitative estimate of drug-likeness (QED) is 0.416. The maximum atomic E-state index is 13.7. The number of carbonyl (C=O) groups is 2. The molecule has 0 aliphatic carbocycles. The third-order valence-corrected chi connectivity index (χ3v) is 7.66. The molecule has 2 aromatic carbocycles. The van der Waals surface area contributed by atoms with Crippen molar-refractivity contribution in [2.75, 3.05) is 40.3 Å². The molecule has 11 heteroatoms. The molecule has 0 spiro atoms. The van der Waals surface area contributed by atoms with E-state index in [0.29, 0.717) is 29.6 Å². The van der Waals surface area contributed by atoms with E-state index in [-0.39, 0.29) is 36.4 Å². The van der Waals surface area contributed by atoms with Crippen molar-refractivity contribution in [2.45, 2.75) is 37.4 Å². The molecule has 1 atom stereocenters. The van der Waals surface area contributed by atoms with E-state index in [1.165, 1.54) is 27.7 Å².